The van der Waals surface area contributed by atoms with Crippen molar-refractivity contribution in [3.63, 3.8) is 0 Å². The summed E-state index contributed by atoms with van der Waals surface area (Å²) in [5.41, 5.74) is 3.27. The van der Waals surface area contributed by atoms with E-state index in [9.17, 15) is 4.79 Å². The second kappa shape index (κ2) is 7.17. The standard InChI is InChI=1S/C15H24N2O/c1-5-13-8-6-7-12(4)15(13)17-14(18)10-16-9-11(2)3/h6-8,11,16H,5,9-10H2,1-4H3,(H,17,18). The Labute approximate surface area is 110 Å². The summed E-state index contributed by atoms with van der Waals surface area (Å²) in [4.78, 5) is 11.8. The van der Waals surface area contributed by atoms with E-state index in [4.69, 9.17) is 0 Å². The van der Waals surface area contributed by atoms with Crippen molar-refractivity contribution in [2.75, 3.05) is 18.4 Å². The monoisotopic (exact) mass is 248 g/mol. The molecule has 0 aromatic heterocycles. The molecular weight excluding hydrogens is 224 g/mol. The minimum absolute atomic E-state index is 0.0275. The zero-order valence-corrected chi connectivity index (χ0v) is 11.8. The van der Waals surface area contributed by atoms with Crippen LogP contribution in [0.1, 0.15) is 31.9 Å². The van der Waals surface area contributed by atoms with Gasteiger partial charge in [-0.15, -0.1) is 0 Å². The average Bonchev–Trinajstić information content (AvgIpc) is 2.31. The molecule has 3 nitrogen and oxygen atoms in total. The van der Waals surface area contributed by atoms with Gasteiger partial charge in [-0.25, -0.2) is 0 Å². The van der Waals surface area contributed by atoms with Gasteiger partial charge in [0.05, 0.1) is 6.54 Å². The summed E-state index contributed by atoms with van der Waals surface area (Å²) in [5, 5.41) is 6.15. The lowest BCUT2D eigenvalue weighted by Gasteiger charge is -2.13. The predicted octanol–water partition coefficient (Wildman–Crippen LogP) is 2.74. The Morgan fingerprint density at radius 1 is 1.33 bits per heavy atom. The number of para-hydroxylation sites is 1. The van der Waals surface area contributed by atoms with Crippen molar-refractivity contribution in [2.45, 2.75) is 34.1 Å². The van der Waals surface area contributed by atoms with Crippen LogP contribution < -0.4 is 10.6 Å². The quantitative estimate of drug-likeness (QED) is 0.812. The minimum Gasteiger partial charge on any atom is -0.324 e. The van der Waals surface area contributed by atoms with Crippen LogP contribution in [0.2, 0.25) is 0 Å². The van der Waals surface area contributed by atoms with E-state index in [2.05, 4.69) is 37.5 Å². The number of rotatable bonds is 6. The highest BCUT2D eigenvalue weighted by molar-refractivity contribution is 5.93. The van der Waals surface area contributed by atoms with Crippen molar-refractivity contribution < 1.29 is 4.79 Å². The maximum Gasteiger partial charge on any atom is 0.238 e. The Bertz CT molecular complexity index is 399. The smallest absolute Gasteiger partial charge is 0.238 e. The van der Waals surface area contributed by atoms with Gasteiger partial charge in [-0.1, -0.05) is 39.0 Å². The van der Waals surface area contributed by atoms with Crippen molar-refractivity contribution in [2.24, 2.45) is 5.92 Å². The van der Waals surface area contributed by atoms with Gasteiger partial charge >= 0.3 is 0 Å². The number of nitrogens with one attached hydrogen (secondary N) is 2. The van der Waals surface area contributed by atoms with E-state index in [1.165, 1.54) is 5.56 Å². The zero-order chi connectivity index (χ0) is 13.5. The molecule has 0 aliphatic rings. The Balaban J connectivity index is 2.59. The first-order valence-electron chi connectivity index (χ1n) is 6.63. The third-order valence-electron chi connectivity index (χ3n) is 2.84. The number of amides is 1. The highest BCUT2D eigenvalue weighted by Gasteiger charge is 2.08. The molecule has 0 unspecified atom stereocenters. The van der Waals surface area contributed by atoms with Crippen LogP contribution in [-0.4, -0.2) is 19.0 Å². The van der Waals surface area contributed by atoms with Gasteiger partial charge < -0.3 is 10.6 Å². The summed E-state index contributed by atoms with van der Waals surface area (Å²) in [6, 6.07) is 6.11. The van der Waals surface area contributed by atoms with Crippen LogP contribution >= 0.6 is 0 Å². The van der Waals surface area contributed by atoms with Crippen molar-refractivity contribution in [3.05, 3.63) is 29.3 Å². The first kappa shape index (κ1) is 14.7. The van der Waals surface area contributed by atoms with E-state index < -0.39 is 0 Å². The highest BCUT2D eigenvalue weighted by Crippen LogP contribution is 2.20. The fraction of sp³-hybridized carbons (Fsp3) is 0.533. The summed E-state index contributed by atoms with van der Waals surface area (Å²) in [6.45, 7) is 9.61. The molecule has 0 bridgehead atoms. The molecule has 18 heavy (non-hydrogen) atoms. The van der Waals surface area contributed by atoms with Crippen molar-refractivity contribution in [1.29, 1.82) is 0 Å². The number of hydrogen-bond acceptors (Lipinski definition) is 2. The number of aryl methyl sites for hydroxylation is 2. The first-order chi connectivity index (χ1) is 8.54. The molecule has 1 amide bonds. The van der Waals surface area contributed by atoms with Gasteiger partial charge in [0, 0.05) is 5.69 Å². The minimum atomic E-state index is 0.0275. The number of benzene rings is 1. The number of carbonyl (C=O) groups excluding carboxylic acids is 1. The van der Waals surface area contributed by atoms with Gasteiger partial charge in [-0.2, -0.15) is 0 Å². The molecule has 0 radical (unpaired) electrons. The van der Waals surface area contributed by atoms with E-state index in [0.29, 0.717) is 12.5 Å². The molecule has 0 spiro atoms. The zero-order valence-electron chi connectivity index (χ0n) is 11.8. The topological polar surface area (TPSA) is 41.1 Å². The summed E-state index contributed by atoms with van der Waals surface area (Å²) < 4.78 is 0. The molecule has 0 aliphatic heterocycles. The van der Waals surface area contributed by atoms with Gasteiger partial charge in [0.2, 0.25) is 5.91 Å². The maximum atomic E-state index is 11.8. The number of anilines is 1. The third kappa shape index (κ3) is 4.49. The van der Waals surface area contributed by atoms with Gasteiger partial charge in [-0.05, 0) is 36.9 Å². The highest BCUT2D eigenvalue weighted by atomic mass is 16.1. The van der Waals surface area contributed by atoms with E-state index >= 15 is 0 Å². The molecule has 0 heterocycles. The molecule has 1 aromatic rings. The lowest BCUT2D eigenvalue weighted by atomic mass is 10.1. The molecule has 0 saturated carbocycles. The van der Waals surface area contributed by atoms with Gasteiger partial charge in [0.1, 0.15) is 0 Å². The van der Waals surface area contributed by atoms with Crippen molar-refractivity contribution in [1.82, 2.24) is 5.32 Å². The predicted molar refractivity (Wildman–Crippen MR) is 76.9 cm³/mol. The van der Waals surface area contributed by atoms with Crippen molar-refractivity contribution >= 4 is 11.6 Å². The summed E-state index contributed by atoms with van der Waals surface area (Å²) >= 11 is 0. The number of hydrogen-bond donors (Lipinski definition) is 2. The van der Waals surface area contributed by atoms with E-state index in [1.807, 2.05) is 19.1 Å². The van der Waals surface area contributed by atoms with Crippen LogP contribution in [0.4, 0.5) is 5.69 Å². The fourth-order valence-corrected chi connectivity index (χ4v) is 1.86. The lowest BCUT2D eigenvalue weighted by molar-refractivity contribution is -0.115. The van der Waals surface area contributed by atoms with E-state index in [1.54, 1.807) is 0 Å². The first-order valence-corrected chi connectivity index (χ1v) is 6.63. The largest absolute Gasteiger partial charge is 0.324 e. The van der Waals surface area contributed by atoms with Gasteiger partial charge in [-0.3, -0.25) is 4.79 Å². The lowest BCUT2D eigenvalue weighted by Crippen LogP contribution is -2.31. The number of carbonyl (C=O) groups is 1. The summed E-state index contributed by atoms with van der Waals surface area (Å²) in [7, 11) is 0. The van der Waals surface area contributed by atoms with Crippen LogP contribution in [0.15, 0.2) is 18.2 Å². The Hall–Kier alpha value is -1.35. The van der Waals surface area contributed by atoms with Crippen LogP contribution in [0, 0.1) is 12.8 Å². The molecule has 1 rings (SSSR count). The Kier molecular flexibility index (Phi) is 5.86. The van der Waals surface area contributed by atoms with Crippen molar-refractivity contribution in [3.8, 4) is 0 Å². The van der Waals surface area contributed by atoms with E-state index in [0.717, 1.165) is 24.2 Å². The van der Waals surface area contributed by atoms with Crippen LogP contribution in [-0.2, 0) is 11.2 Å². The van der Waals surface area contributed by atoms with Crippen LogP contribution in [0.5, 0.6) is 0 Å². The summed E-state index contributed by atoms with van der Waals surface area (Å²) in [6.07, 6.45) is 0.927. The van der Waals surface area contributed by atoms with Gasteiger partial charge in [0.25, 0.3) is 0 Å². The molecule has 0 saturated heterocycles. The summed E-state index contributed by atoms with van der Waals surface area (Å²) in [5.74, 6) is 0.585. The molecule has 0 fully saturated rings. The Morgan fingerprint density at radius 2 is 2.06 bits per heavy atom. The fourth-order valence-electron chi connectivity index (χ4n) is 1.86. The van der Waals surface area contributed by atoms with Crippen LogP contribution in [0.25, 0.3) is 0 Å². The van der Waals surface area contributed by atoms with E-state index in [-0.39, 0.29) is 5.91 Å². The molecule has 1 aromatic carbocycles. The second-order valence-corrected chi connectivity index (χ2v) is 5.04. The third-order valence-corrected chi connectivity index (χ3v) is 2.84. The average molecular weight is 248 g/mol. The molecular formula is C15H24N2O. The maximum absolute atomic E-state index is 11.8. The second-order valence-electron chi connectivity index (χ2n) is 5.04. The van der Waals surface area contributed by atoms with Crippen LogP contribution in [0.3, 0.4) is 0 Å². The van der Waals surface area contributed by atoms with Gasteiger partial charge in [0.15, 0.2) is 0 Å². The molecule has 2 N–H and O–H groups in total. The molecule has 3 heteroatoms. The normalized spacial score (nSPS) is 10.7. The molecule has 0 atom stereocenters. The molecule has 100 valence electrons. The SMILES string of the molecule is CCc1cccc(C)c1NC(=O)CNCC(C)C. The Morgan fingerprint density at radius 3 is 2.67 bits per heavy atom. The molecule has 0 aliphatic carbocycles.